The van der Waals surface area contributed by atoms with Crippen LogP contribution in [0.1, 0.15) is 19.3 Å². The predicted molar refractivity (Wildman–Crippen MR) is 79.2 cm³/mol. The molecule has 21 heavy (non-hydrogen) atoms. The van der Waals surface area contributed by atoms with Crippen molar-refractivity contribution in [2.45, 2.75) is 19.3 Å². The van der Waals surface area contributed by atoms with Crippen LogP contribution in [0.4, 0.5) is 4.79 Å². The molecule has 1 aliphatic heterocycles. The number of nitrogens with one attached hydrogen (secondary N) is 3. The van der Waals surface area contributed by atoms with Crippen molar-refractivity contribution in [3.8, 4) is 0 Å². The minimum absolute atomic E-state index is 0.250. The number of amides is 3. The molecule has 3 N–H and O–H groups in total. The highest BCUT2D eigenvalue weighted by Gasteiger charge is 2.21. The van der Waals surface area contributed by atoms with Crippen LogP contribution in [0.2, 0.25) is 0 Å². The summed E-state index contributed by atoms with van der Waals surface area (Å²) in [6, 6.07) is -0.506. The van der Waals surface area contributed by atoms with Gasteiger partial charge in [0.05, 0.1) is 6.26 Å². The van der Waals surface area contributed by atoms with Crippen LogP contribution in [0.25, 0.3) is 0 Å². The first-order valence-corrected chi connectivity index (χ1v) is 8.88. The average molecular weight is 320 g/mol. The van der Waals surface area contributed by atoms with Gasteiger partial charge >= 0.3 is 6.03 Å². The third-order valence-corrected chi connectivity index (χ3v) is 4.06. The van der Waals surface area contributed by atoms with E-state index in [1.54, 1.807) is 0 Å². The van der Waals surface area contributed by atoms with Crippen LogP contribution in [0.3, 0.4) is 0 Å². The maximum absolute atomic E-state index is 11.5. The first-order valence-electron chi connectivity index (χ1n) is 6.98. The number of urea groups is 1. The first kappa shape index (κ1) is 17.9. The summed E-state index contributed by atoms with van der Waals surface area (Å²) in [7, 11) is -1.71. The average Bonchev–Trinajstić information content (AvgIpc) is 2.42. The van der Waals surface area contributed by atoms with Crippen molar-refractivity contribution in [2.24, 2.45) is 5.92 Å². The fourth-order valence-corrected chi connectivity index (χ4v) is 2.84. The summed E-state index contributed by atoms with van der Waals surface area (Å²) in [6.45, 7) is 2.65. The number of nitrogens with zero attached hydrogens (tertiary/aromatic N) is 1. The predicted octanol–water partition coefficient (Wildman–Crippen LogP) is -0.907. The Balaban J connectivity index is 2.29. The van der Waals surface area contributed by atoms with E-state index >= 15 is 0 Å². The van der Waals surface area contributed by atoms with Crippen LogP contribution < -0.4 is 15.4 Å². The van der Waals surface area contributed by atoms with Crippen molar-refractivity contribution >= 4 is 22.0 Å². The van der Waals surface area contributed by atoms with Gasteiger partial charge in [-0.2, -0.15) is 0 Å². The molecule has 1 atom stereocenters. The molecule has 1 saturated heterocycles. The number of piperidine rings is 1. The molecule has 0 unspecified atom stereocenters. The number of sulfonamides is 1. The van der Waals surface area contributed by atoms with E-state index in [0.717, 1.165) is 32.2 Å². The number of rotatable bonds is 6. The third kappa shape index (κ3) is 7.98. The lowest BCUT2D eigenvalue weighted by molar-refractivity contribution is -0.120. The molecular formula is C12H24N4O4S. The molecule has 9 heteroatoms. The van der Waals surface area contributed by atoms with E-state index < -0.39 is 16.1 Å². The fourth-order valence-electron chi connectivity index (χ4n) is 2.30. The topological polar surface area (TPSA) is 108 Å². The molecule has 1 fully saturated rings. The van der Waals surface area contributed by atoms with Gasteiger partial charge in [0.1, 0.15) is 0 Å². The third-order valence-electron chi connectivity index (χ3n) is 3.37. The van der Waals surface area contributed by atoms with Crippen LogP contribution in [0, 0.1) is 5.92 Å². The molecule has 0 radical (unpaired) electrons. The first-order chi connectivity index (χ1) is 9.80. The Hall–Kier alpha value is -1.19. The normalized spacial score (nSPS) is 20.0. The molecule has 0 saturated carbocycles. The van der Waals surface area contributed by atoms with Gasteiger partial charge in [-0.15, -0.1) is 0 Å². The lowest BCUT2D eigenvalue weighted by Crippen LogP contribution is -2.43. The van der Waals surface area contributed by atoms with Crippen LogP contribution in [0.5, 0.6) is 0 Å². The number of carbonyl (C=O) groups is 2. The summed E-state index contributed by atoms with van der Waals surface area (Å²) >= 11 is 0. The Morgan fingerprint density at radius 3 is 2.67 bits per heavy atom. The van der Waals surface area contributed by atoms with Crippen molar-refractivity contribution in [3.05, 3.63) is 0 Å². The summed E-state index contributed by atoms with van der Waals surface area (Å²) in [5, 5.41) is 4.54. The second-order valence-electron chi connectivity index (χ2n) is 5.31. The zero-order chi connectivity index (χ0) is 15.9. The van der Waals surface area contributed by atoms with E-state index in [0.29, 0.717) is 13.1 Å². The SMILES string of the molecule is CNC(=O)NC(=O)CCN1CCC[C@@H](CNS(C)(=O)=O)C1. The van der Waals surface area contributed by atoms with Gasteiger partial charge in [0.2, 0.25) is 15.9 Å². The summed E-state index contributed by atoms with van der Waals surface area (Å²) < 4.78 is 24.7. The lowest BCUT2D eigenvalue weighted by Gasteiger charge is -2.32. The fraction of sp³-hybridized carbons (Fsp3) is 0.833. The minimum Gasteiger partial charge on any atom is -0.341 e. The number of carbonyl (C=O) groups excluding carboxylic acids is 2. The summed E-state index contributed by atoms with van der Waals surface area (Å²) in [4.78, 5) is 24.6. The van der Waals surface area contributed by atoms with Gasteiger partial charge < -0.3 is 10.2 Å². The van der Waals surface area contributed by atoms with Crippen LogP contribution >= 0.6 is 0 Å². The maximum atomic E-state index is 11.5. The van der Waals surface area contributed by atoms with Crippen molar-refractivity contribution in [3.63, 3.8) is 0 Å². The molecule has 0 bridgehead atoms. The zero-order valence-electron chi connectivity index (χ0n) is 12.5. The molecule has 0 aliphatic carbocycles. The van der Waals surface area contributed by atoms with Gasteiger partial charge in [0.25, 0.3) is 0 Å². The monoisotopic (exact) mass is 320 g/mol. The van der Waals surface area contributed by atoms with Gasteiger partial charge in [-0.3, -0.25) is 10.1 Å². The Morgan fingerprint density at radius 2 is 2.05 bits per heavy atom. The molecule has 1 heterocycles. The van der Waals surface area contributed by atoms with Gasteiger partial charge in [-0.25, -0.2) is 17.9 Å². The number of hydrogen-bond acceptors (Lipinski definition) is 5. The number of hydrogen-bond donors (Lipinski definition) is 3. The molecule has 8 nitrogen and oxygen atoms in total. The molecule has 122 valence electrons. The van der Waals surface area contributed by atoms with E-state index in [1.807, 2.05) is 0 Å². The second kappa shape index (κ2) is 8.30. The van der Waals surface area contributed by atoms with Crippen LogP contribution in [-0.4, -0.2) is 64.7 Å². The van der Waals surface area contributed by atoms with E-state index in [4.69, 9.17) is 0 Å². The molecule has 0 aromatic heterocycles. The van der Waals surface area contributed by atoms with Crippen molar-refractivity contribution in [1.82, 2.24) is 20.3 Å². The molecule has 0 aromatic carbocycles. The number of imide groups is 1. The second-order valence-corrected chi connectivity index (χ2v) is 7.14. The smallest absolute Gasteiger partial charge is 0.321 e. The van der Waals surface area contributed by atoms with Crippen LogP contribution in [-0.2, 0) is 14.8 Å². The standard InChI is InChI=1S/C12H24N4O4S/c1-13-12(18)15-11(17)5-7-16-6-3-4-10(9-16)8-14-21(2,19)20/h10,14H,3-9H2,1-2H3,(H2,13,15,17,18)/t10-/m0/s1. The van der Waals surface area contributed by atoms with E-state index in [-0.39, 0.29) is 18.2 Å². The van der Waals surface area contributed by atoms with E-state index in [1.165, 1.54) is 7.05 Å². The molecule has 0 spiro atoms. The van der Waals surface area contributed by atoms with E-state index in [2.05, 4.69) is 20.3 Å². The summed E-state index contributed by atoms with van der Waals surface area (Å²) in [6.07, 6.45) is 3.35. The number of likely N-dealkylation sites (tertiary alicyclic amines) is 1. The largest absolute Gasteiger partial charge is 0.341 e. The van der Waals surface area contributed by atoms with Gasteiger partial charge in [-0.1, -0.05) is 0 Å². The van der Waals surface area contributed by atoms with E-state index in [9.17, 15) is 18.0 Å². The minimum atomic E-state index is -3.16. The quantitative estimate of drug-likeness (QED) is 0.587. The molecule has 0 aromatic rings. The van der Waals surface area contributed by atoms with Crippen molar-refractivity contribution in [2.75, 3.05) is 39.5 Å². The Labute approximate surface area is 125 Å². The molecular weight excluding hydrogens is 296 g/mol. The van der Waals surface area contributed by atoms with Gasteiger partial charge in [0.15, 0.2) is 0 Å². The molecule has 1 rings (SSSR count). The Kier molecular flexibility index (Phi) is 7.06. The summed E-state index contributed by atoms with van der Waals surface area (Å²) in [5.41, 5.74) is 0. The Morgan fingerprint density at radius 1 is 1.33 bits per heavy atom. The van der Waals surface area contributed by atoms with Crippen LogP contribution in [0.15, 0.2) is 0 Å². The van der Waals surface area contributed by atoms with Crippen molar-refractivity contribution < 1.29 is 18.0 Å². The highest BCUT2D eigenvalue weighted by molar-refractivity contribution is 7.88. The highest BCUT2D eigenvalue weighted by Crippen LogP contribution is 2.16. The maximum Gasteiger partial charge on any atom is 0.321 e. The molecule has 3 amide bonds. The lowest BCUT2D eigenvalue weighted by atomic mass is 9.98. The Bertz CT molecular complexity index is 466. The van der Waals surface area contributed by atoms with Gasteiger partial charge in [0, 0.05) is 33.1 Å². The van der Waals surface area contributed by atoms with Crippen molar-refractivity contribution in [1.29, 1.82) is 0 Å². The highest BCUT2D eigenvalue weighted by atomic mass is 32.2. The zero-order valence-corrected chi connectivity index (χ0v) is 13.3. The summed E-state index contributed by atoms with van der Waals surface area (Å²) in [5.74, 6) is -0.0544. The molecule has 1 aliphatic rings. The van der Waals surface area contributed by atoms with Gasteiger partial charge in [-0.05, 0) is 25.3 Å².